The standard InChI is InChI=1S/C16H11BrN2O2/c1-3-13-14(4-2)16(21)19(15(13)20)9-11-5-10(8-18)6-12(17)7-11/h3-7H,1-2,9H2. The molecule has 2 amide bonds. The molecule has 104 valence electrons. The second-order valence-electron chi connectivity index (χ2n) is 4.39. The van der Waals surface area contributed by atoms with E-state index in [1.54, 1.807) is 18.2 Å². The summed E-state index contributed by atoms with van der Waals surface area (Å²) in [6.07, 6.45) is 2.72. The number of benzene rings is 1. The minimum atomic E-state index is -0.400. The molecule has 0 saturated heterocycles. The molecule has 0 saturated carbocycles. The van der Waals surface area contributed by atoms with Crippen LogP contribution in [-0.4, -0.2) is 16.7 Å². The molecular formula is C16H11BrN2O2. The van der Waals surface area contributed by atoms with Gasteiger partial charge in [0.05, 0.1) is 29.3 Å². The van der Waals surface area contributed by atoms with E-state index >= 15 is 0 Å². The van der Waals surface area contributed by atoms with Gasteiger partial charge in [-0.25, -0.2) is 0 Å². The lowest BCUT2D eigenvalue weighted by molar-refractivity contribution is -0.138. The van der Waals surface area contributed by atoms with Crippen LogP contribution < -0.4 is 0 Å². The Labute approximate surface area is 130 Å². The van der Waals surface area contributed by atoms with E-state index in [9.17, 15) is 9.59 Å². The van der Waals surface area contributed by atoms with Crippen LogP contribution in [-0.2, 0) is 16.1 Å². The number of nitrogens with zero attached hydrogens (tertiary/aromatic N) is 2. The van der Waals surface area contributed by atoms with Crippen molar-refractivity contribution in [3.63, 3.8) is 0 Å². The molecule has 2 rings (SSSR count). The molecule has 0 spiro atoms. The maximum atomic E-state index is 12.2. The number of amides is 2. The van der Waals surface area contributed by atoms with Crippen molar-refractivity contribution in [2.24, 2.45) is 0 Å². The van der Waals surface area contributed by atoms with Crippen LogP contribution in [0.15, 0.2) is 59.1 Å². The Balaban J connectivity index is 2.34. The Kier molecular flexibility index (Phi) is 4.20. The molecule has 0 bridgehead atoms. The summed E-state index contributed by atoms with van der Waals surface area (Å²) >= 11 is 3.30. The van der Waals surface area contributed by atoms with E-state index in [4.69, 9.17) is 5.26 Å². The van der Waals surface area contributed by atoms with Gasteiger partial charge >= 0.3 is 0 Å². The van der Waals surface area contributed by atoms with Gasteiger partial charge in [-0.3, -0.25) is 14.5 Å². The van der Waals surface area contributed by atoms with Crippen LogP contribution in [0.4, 0.5) is 0 Å². The van der Waals surface area contributed by atoms with Gasteiger partial charge < -0.3 is 0 Å². The second-order valence-corrected chi connectivity index (χ2v) is 5.31. The van der Waals surface area contributed by atoms with Crippen molar-refractivity contribution in [3.05, 3.63) is 70.3 Å². The van der Waals surface area contributed by atoms with Gasteiger partial charge in [0.2, 0.25) is 0 Å². The van der Waals surface area contributed by atoms with Crippen molar-refractivity contribution in [1.29, 1.82) is 5.26 Å². The average Bonchev–Trinajstić information content (AvgIpc) is 2.69. The summed E-state index contributed by atoms with van der Waals surface area (Å²) in [6.45, 7) is 7.20. The fraction of sp³-hybridized carbons (Fsp3) is 0.0625. The van der Waals surface area contributed by atoms with Crippen molar-refractivity contribution in [1.82, 2.24) is 4.90 Å². The van der Waals surface area contributed by atoms with Crippen molar-refractivity contribution < 1.29 is 9.59 Å². The van der Waals surface area contributed by atoms with Gasteiger partial charge in [-0.2, -0.15) is 5.26 Å². The van der Waals surface area contributed by atoms with Crippen LogP contribution in [0, 0.1) is 11.3 Å². The first kappa shape index (κ1) is 14.9. The molecule has 1 aliphatic heterocycles. The van der Waals surface area contributed by atoms with Crippen molar-refractivity contribution in [2.45, 2.75) is 6.54 Å². The summed E-state index contributed by atoms with van der Waals surface area (Å²) in [5, 5.41) is 8.96. The highest BCUT2D eigenvalue weighted by Gasteiger charge is 2.35. The van der Waals surface area contributed by atoms with Gasteiger partial charge in [-0.1, -0.05) is 41.2 Å². The quantitative estimate of drug-likeness (QED) is 0.790. The zero-order chi connectivity index (χ0) is 15.6. The van der Waals surface area contributed by atoms with E-state index in [1.165, 1.54) is 12.2 Å². The number of carbonyl (C=O) groups is 2. The monoisotopic (exact) mass is 342 g/mol. The van der Waals surface area contributed by atoms with Crippen LogP contribution in [0.25, 0.3) is 0 Å². The van der Waals surface area contributed by atoms with Gasteiger partial charge in [0.1, 0.15) is 0 Å². The molecule has 1 aromatic rings. The molecule has 0 N–H and O–H groups in total. The lowest BCUT2D eigenvalue weighted by atomic mass is 10.1. The topological polar surface area (TPSA) is 61.2 Å². The van der Waals surface area contributed by atoms with E-state index in [0.29, 0.717) is 11.1 Å². The van der Waals surface area contributed by atoms with E-state index < -0.39 is 11.8 Å². The summed E-state index contributed by atoms with van der Waals surface area (Å²) in [4.78, 5) is 25.5. The van der Waals surface area contributed by atoms with Crippen molar-refractivity contribution in [2.75, 3.05) is 0 Å². The SMILES string of the molecule is C=CC1=C(C=C)C(=O)N(Cc2cc(Br)cc(C#N)c2)C1=O. The Morgan fingerprint density at radius 2 is 1.71 bits per heavy atom. The van der Waals surface area contributed by atoms with E-state index in [0.717, 1.165) is 9.37 Å². The number of rotatable bonds is 4. The fourth-order valence-corrected chi connectivity index (χ4v) is 2.68. The normalized spacial score (nSPS) is 14.4. The maximum Gasteiger partial charge on any atom is 0.261 e. The molecule has 0 unspecified atom stereocenters. The maximum absolute atomic E-state index is 12.2. The molecule has 5 heteroatoms. The van der Waals surface area contributed by atoms with Crippen LogP contribution in [0.5, 0.6) is 0 Å². The number of carbonyl (C=O) groups excluding carboxylic acids is 2. The zero-order valence-electron chi connectivity index (χ0n) is 11.1. The third-order valence-electron chi connectivity index (χ3n) is 3.08. The Morgan fingerprint density at radius 3 is 2.19 bits per heavy atom. The number of halogens is 1. The lowest BCUT2D eigenvalue weighted by Crippen LogP contribution is -2.31. The van der Waals surface area contributed by atoms with Crippen LogP contribution in [0.2, 0.25) is 0 Å². The summed E-state index contributed by atoms with van der Waals surface area (Å²) in [5.74, 6) is -0.799. The minimum absolute atomic E-state index is 0.0977. The first-order valence-corrected chi connectivity index (χ1v) is 6.86. The number of hydrogen-bond acceptors (Lipinski definition) is 3. The highest BCUT2D eigenvalue weighted by Crippen LogP contribution is 2.25. The zero-order valence-corrected chi connectivity index (χ0v) is 12.7. The summed E-state index contributed by atoms with van der Waals surface area (Å²) in [5.41, 5.74) is 1.66. The average molecular weight is 343 g/mol. The van der Waals surface area contributed by atoms with Crippen molar-refractivity contribution in [3.8, 4) is 6.07 Å². The molecule has 21 heavy (non-hydrogen) atoms. The second kappa shape index (κ2) is 5.90. The molecule has 0 atom stereocenters. The van der Waals surface area contributed by atoms with E-state index in [2.05, 4.69) is 29.1 Å². The number of nitriles is 1. The molecule has 4 nitrogen and oxygen atoms in total. The van der Waals surface area contributed by atoms with Crippen molar-refractivity contribution >= 4 is 27.7 Å². The molecule has 0 aliphatic carbocycles. The Hall–Kier alpha value is -2.45. The Morgan fingerprint density at radius 1 is 1.14 bits per heavy atom. The van der Waals surface area contributed by atoms with Gasteiger partial charge in [-0.05, 0) is 23.8 Å². The molecule has 1 aromatic carbocycles. The van der Waals surface area contributed by atoms with E-state index in [1.807, 2.05) is 6.07 Å². The largest absolute Gasteiger partial charge is 0.270 e. The predicted octanol–water partition coefficient (Wildman–Crippen LogP) is 2.86. The Bertz CT molecular complexity index is 711. The lowest BCUT2D eigenvalue weighted by Gasteiger charge is -2.15. The van der Waals surface area contributed by atoms with Gasteiger partial charge in [0, 0.05) is 4.47 Å². The number of hydrogen-bond donors (Lipinski definition) is 0. The third kappa shape index (κ3) is 2.71. The first-order valence-electron chi connectivity index (χ1n) is 6.06. The van der Waals surface area contributed by atoms with Crippen LogP contribution in [0.1, 0.15) is 11.1 Å². The van der Waals surface area contributed by atoms with Crippen LogP contribution in [0.3, 0.4) is 0 Å². The third-order valence-corrected chi connectivity index (χ3v) is 3.53. The van der Waals surface area contributed by atoms with Gasteiger partial charge in [0.25, 0.3) is 11.8 Å². The molecule has 1 heterocycles. The van der Waals surface area contributed by atoms with Crippen LogP contribution >= 0.6 is 15.9 Å². The summed E-state index contributed by atoms with van der Waals surface area (Å²) in [7, 11) is 0. The highest BCUT2D eigenvalue weighted by molar-refractivity contribution is 9.10. The number of imide groups is 1. The summed E-state index contributed by atoms with van der Waals surface area (Å²) in [6, 6.07) is 7.11. The molecular weight excluding hydrogens is 332 g/mol. The molecule has 0 radical (unpaired) electrons. The molecule has 1 aliphatic rings. The molecule has 0 aromatic heterocycles. The summed E-state index contributed by atoms with van der Waals surface area (Å²) < 4.78 is 0.719. The fourth-order valence-electron chi connectivity index (χ4n) is 2.14. The minimum Gasteiger partial charge on any atom is -0.270 e. The highest BCUT2D eigenvalue weighted by atomic mass is 79.9. The smallest absolute Gasteiger partial charge is 0.261 e. The van der Waals surface area contributed by atoms with E-state index in [-0.39, 0.29) is 17.7 Å². The van der Waals surface area contributed by atoms with Gasteiger partial charge in [-0.15, -0.1) is 0 Å². The molecule has 0 fully saturated rings. The van der Waals surface area contributed by atoms with Gasteiger partial charge in [0.15, 0.2) is 0 Å². The predicted molar refractivity (Wildman–Crippen MR) is 81.8 cm³/mol. The first-order chi connectivity index (χ1) is 10.0.